The molecule has 6 nitrogen and oxygen atoms in total. The molecule has 2 atom stereocenters. The molecule has 1 aromatic rings. The summed E-state index contributed by atoms with van der Waals surface area (Å²) in [5.41, 5.74) is -1.25. The molecule has 1 aliphatic heterocycles. The zero-order chi connectivity index (χ0) is 13.0. The van der Waals surface area contributed by atoms with Crippen molar-refractivity contribution < 1.29 is 14.2 Å². The molecule has 0 fully saturated rings. The van der Waals surface area contributed by atoms with Crippen LogP contribution in [0, 0.1) is 5.41 Å². The molecule has 96 valence electrons. The van der Waals surface area contributed by atoms with E-state index in [0.29, 0.717) is 13.0 Å². The first-order valence-electron chi connectivity index (χ1n) is 5.87. The molecule has 18 heavy (non-hydrogen) atoms. The van der Waals surface area contributed by atoms with Crippen molar-refractivity contribution in [3.05, 3.63) is 30.5 Å². The van der Waals surface area contributed by atoms with Gasteiger partial charge in [-0.2, -0.15) is 0 Å². The monoisotopic (exact) mass is 249 g/mol. The van der Waals surface area contributed by atoms with E-state index in [2.05, 4.69) is 4.98 Å². The van der Waals surface area contributed by atoms with E-state index in [9.17, 15) is 5.11 Å². The molecule has 0 saturated heterocycles. The molecule has 0 bridgehead atoms. The Morgan fingerprint density at radius 3 is 3.28 bits per heavy atom. The first-order chi connectivity index (χ1) is 8.72. The Balaban J connectivity index is 2.26. The van der Waals surface area contributed by atoms with Crippen LogP contribution in [0.1, 0.15) is 19.2 Å². The normalized spacial score (nSPS) is 28.0. The predicted octanol–water partition coefficient (Wildman–Crippen LogP) is 0.403. The largest absolute Gasteiger partial charge is 0.541 e. The minimum absolute atomic E-state index is 0.193. The summed E-state index contributed by atoms with van der Waals surface area (Å²) < 4.78 is 10.2. The average molecular weight is 249 g/mol. The van der Waals surface area contributed by atoms with Gasteiger partial charge in [0.1, 0.15) is 12.7 Å². The second-order valence-electron chi connectivity index (χ2n) is 4.17. The lowest BCUT2D eigenvalue weighted by atomic mass is 9.84. The van der Waals surface area contributed by atoms with E-state index in [1.165, 1.54) is 12.5 Å². The molecule has 0 aliphatic carbocycles. The number of hydrogen-bond acceptors (Lipinski definition) is 6. The van der Waals surface area contributed by atoms with Crippen LogP contribution in [0.25, 0.3) is 0 Å². The number of rotatable bonds is 5. The number of oxazole rings is 1. The molecule has 0 saturated carbocycles. The highest BCUT2D eigenvalue weighted by atomic mass is 16.4. The molecule has 0 amide bonds. The Morgan fingerprint density at radius 1 is 1.83 bits per heavy atom. The Kier molecular flexibility index (Phi) is 3.83. The van der Waals surface area contributed by atoms with Crippen molar-refractivity contribution in [3.8, 4) is 0 Å². The first-order valence-corrected chi connectivity index (χ1v) is 5.87. The zero-order valence-electron chi connectivity index (χ0n) is 10.2. The van der Waals surface area contributed by atoms with Gasteiger partial charge in [0.15, 0.2) is 5.60 Å². The lowest BCUT2D eigenvalue weighted by molar-refractivity contribution is -0.0171. The summed E-state index contributed by atoms with van der Waals surface area (Å²) in [6.45, 7) is 2.64. The maximum atomic E-state index is 10.8. The summed E-state index contributed by atoms with van der Waals surface area (Å²) in [6.07, 6.45) is 8.14. The van der Waals surface area contributed by atoms with Crippen LogP contribution in [-0.4, -0.2) is 41.5 Å². The zero-order valence-corrected chi connectivity index (χ0v) is 10.2. The van der Waals surface area contributed by atoms with Gasteiger partial charge >= 0.3 is 7.62 Å². The summed E-state index contributed by atoms with van der Waals surface area (Å²) in [5.74, 6) is 0.283. The minimum atomic E-state index is -1.25. The van der Waals surface area contributed by atoms with E-state index >= 15 is 0 Å². The summed E-state index contributed by atoms with van der Waals surface area (Å²) in [6, 6.07) is -0.193. The molecule has 0 aromatic carbocycles. The van der Waals surface area contributed by atoms with Crippen molar-refractivity contribution in [2.24, 2.45) is 0 Å². The highest BCUT2D eigenvalue weighted by Crippen LogP contribution is 2.33. The quantitative estimate of drug-likeness (QED) is 0.341. The third-order valence-corrected chi connectivity index (χ3v) is 3.15. The van der Waals surface area contributed by atoms with Crippen LogP contribution in [0.15, 0.2) is 29.0 Å². The van der Waals surface area contributed by atoms with Gasteiger partial charge in [-0.05, 0) is 12.5 Å². The molecule has 2 N–H and O–H groups in total. The van der Waals surface area contributed by atoms with Crippen LogP contribution in [0.2, 0.25) is 0 Å². The Labute approximate surface area is 106 Å². The van der Waals surface area contributed by atoms with Crippen LogP contribution in [0.4, 0.5) is 0 Å². The lowest BCUT2D eigenvalue weighted by Gasteiger charge is -2.40. The van der Waals surface area contributed by atoms with Gasteiger partial charge in [0.25, 0.3) is 0 Å². The predicted molar refractivity (Wildman–Crippen MR) is 67.3 cm³/mol. The second-order valence-corrected chi connectivity index (χ2v) is 4.17. The van der Waals surface area contributed by atoms with Crippen LogP contribution < -0.4 is 0 Å². The van der Waals surface area contributed by atoms with E-state index in [0.717, 1.165) is 6.40 Å². The van der Waals surface area contributed by atoms with Crippen LogP contribution in [-0.2, 0) is 10.3 Å². The SMILES string of the molecule is CC[C@H]1N(BOC=N)CC=CC1(O)c1ncco1. The molecular weight excluding hydrogens is 233 g/mol. The maximum Gasteiger partial charge on any atom is 0.431 e. The number of nitrogens with zero attached hydrogens (tertiary/aromatic N) is 2. The highest BCUT2D eigenvalue weighted by Gasteiger charge is 2.44. The molecule has 0 radical (unpaired) electrons. The van der Waals surface area contributed by atoms with Gasteiger partial charge in [0.2, 0.25) is 5.89 Å². The summed E-state index contributed by atoms with van der Waals surface area (Å²) in [7, 11) is 0.259. The second kappa shape index (κ2) is 5.37. The number of aromatic nitrogens is 1. The fourth-order valence-electron chi connectivity index (χ4n) is 2.36. The van der Waals surface area contributed by atoms with Crippen LogP contribution >= 0.6 is 0 Å². The van der Waals surface area contributed by atoms with Crippen molar-refractivity contribution in [1.29, 1.82) is 5.41 Å². The van der Waals surface area contributed by atoms with E-state index in [1.54, 1.807) is 6.08 Å². The topological polar surface area (TPSA) is 82.6 Å². The van der Waals surface area contributed by atoms with Gasteiger partial charge in [0.05, 0.1) is 6.20 Å². The molecule has 1 aliphatic rings. The summed E-state index contributed by atoms with van der Waals surface area (Å²) in [4.78, 5) is 5.98. The van der Waals surface area contributed by atoms with E-state index in [4.69, 9.17) is 14.5 Å². The molecule has 2 heterocycles. The van der Waals surface area contributed by atoms with Gasteiger partial charge in [-0.25, -0.2) is 4.98 Å². The molecule has 1 aromatic heterocycles. The van der Waals surface area contributed by atoms with Crippen molar-refractivity contribution in [1.82, 2.24) is 9.79 Å². The molecular formula is C11H16BN3O3. The van der Waals surface area contributed by atoms with Crippen LogP contribution in [0.5, 0.6) is 0 Å². The van der Waals surface area contributed by atoms with E-state index in [1.807, 2.05) is 17.8 Å². The smallest absolute Gasteiger partial charge is 0.431 e. The van der Waals surface area contributed by atoms with Crippen LogP contribution in [0.3, 0.4) is 0 Å². The number of hydrogen-bond donors (Lipinski definition) is 2. The fourth-order valence-corrected chi connectivity index (χ4v) is 2.36. The van der Waals surface area contributed by atoms with Crippen molar-refractivity contribution >= 4 is 14.0 Å². The molecule has 1 unspecified atom stereocenters. The summed E-state index contributed by atoms with van der Waals surface area (Å²) >= 11 is 0. The number of aliphatic hydroxyl groups is 1. The third kappa shape index (κ3) is 2.19. The maximum absolute atomic E-state index is 10.8. The summed E-state index contributed by atoms with van der Waals surface area (Å²) in [5, 5.41) is 17.7. The average Bonchev–Trinajstić information content (AvgIpc) is 2.90. The van der Waals surface area contributed by atoms with Crippen molar-refractivity contribution in [2.75, 3.05) is 6.54 Å². The lowest BCUT2D eigenvalue weighted by Crippen LogP contribution is -2.54. The number of nitrogens with one attached hydrogen (secondary N) is 1. The van der Waals surface area contributed by atoms with Gasteiger partial charge < -0.3 is 14.2 Å². The third-order valence-electron chi connectivity index (χ3n) is 3.15. The van der Waals surface area contributed by atoms with E-state index in [-0.39, 0.29) is 19.5 Å². The Bertz CT molecular complexity index is 423. The Morgan fingerprint density at radius 2 is 2.67 bits per heavy atom. The standard InChI is InChI=1S/C11H16BN3O3/c1-2-9-11(16,10-14-5-7-17-10)4-3-6-15(9)12-18-8-13/h3-5,7-9,12-13,16H,2,6H2,1H3/t9-,11?/m1/s1. The Hall–Kier alpha value is -1.60. The fraction of sp³-hybridized carbons (Fsp3) is 0.455. The molecule has 7 heteroatoms. The van der Waals surface area contributed by atoms with Gasteiger partial charge in [0, 0.05) is 12.6 Å². The first kappa shape index (κ1) is 12.9. The molecule has 2 rings (SSSR count). The minimum Gasteiger partial charge on any atom is -0.541 e. The van der Waals surface area contributed by atoms with Gasteiger partial charge in [-0.15, -0.1) is 0 Å². The van der Waals surface area contributed by atoms with E-state index < -0.39 is 5.60 Å². The highest BCUT2D eigenvalue weighted by molar-refractivity contribution is 6.26. The van der Waals surface area contributed by atoms with Gasteiger partial charge in [-0.1, -0.05) is 13.0 Å². The van der Waals surface area contributed by atoms with Crippen molar-refractivity contribution in [2.45, 2.75) is 25.0 Å². The van der Waals surface area contributed by atoms with Crippen molar-refractivity contribution in [3.63, 3.8) is 0 Å². The molecule has 0 spiro atoms. The van der Waals surface area contributed by atoms with Gasteiger partial charge in [-0.3, -0.25) is 10.2 Å².